The maximum Gasteiger partial charge on any atom is 0.225 e. The van der Waals surface area contributed by atoms with E-state index in [0.717, 1.165) is 67.2 Å². The molecule has 3 aromatic rings. The lowest BCUT2D eigenvalue weighted by Gasteiger charge is -2.20. The SMILES string of the molecule is C=C(C)Cn1nc(-c2ccc(F)c(C)c2)cc1CC.CCCC.CCCN(CCC)c1ncc(C)cn1. The third-order valence-electron chi connectivity index (χ3n) is 5.64. The van der Waals surface area contributed by atoms with Crippen LogP contribution in [0, 0.1) is 19.7 Å². The Morgan fingerprint density at radius 2 is 1.51 bits per heavy atom. The average molecular weight is 510 g/mol. The normalized spacial score (nSPS) is 10.2. The first kappa shape index (κ1) is 32.0. The van der Waals surface area contributed by atoms with Crippen LogP contribution in [0.4, 0.5) is 10.3 Å². The second kappa shape index (κ2) is 17.4. The minimum absolute atomic E-state index is 0.180. The fourth-order valence-corrected chi connectivity index (χ4v) is 3.48. The first-order valence-electron chi connectivity index (χ1n) is 13.7. The Hall–Kier alpha value is -3.02. The number of hydrogen-bond donors (Lipinski definition) is 0. The number of rotatable bonds is 10. The third kappa shape index (κ3) is 11.3. The Balaban J connectivity index is 0.000000335. The van der Waals surface area contributed by atoms with Crippen molar-refractivity contribution in [3.05, 3.63) is 71.4 Å². The van der Waals surface area contributed by atoms with E-state index in [1.807, 2.05) is 37.0 Å². The predicted molar refractivity (Wildman–Crippen MR) is 157 cm³/mol. The van der Waals surface area contributed by atoms with Crippen LogP contribution in [-0.4, -0.2) is 32.8 Å². The van der Waals surface area contributed by atoms with Gasteiger partial charge in [-0.2, -0.15) is 5.10 Å². The number of aryl methyl sites for hydroxylation is 3. The third-order valence-corrected chi connectivity index (χ3v) is 5.64. The Morgan fingerprint density at radius 1 is 0.919 bits per heavy atom. The molecule has 6 heteroatoms. The highest BCUT2D eigenvalue weighted by atomic mass is 19.1. The van der Waals surface area contributed by atoms with Crippen molar-refractivity contribution in [2.45, 2.75) is 94.0 Å². The molecule has 0 atom stereocenters. The molecule has 2 aromatic heterocycles. The average Bonchev–Trinajstić information content (AvgIpc) is 3.28. The van der Waals surface area contributed by atoms with Gasteiger partial charge in [-0.15, -0.1) is 0 Å². The second-order valence-electron chi connectivity index (χ2n) is 9.50. The summed E-state index contributed by atoms with van der Waals surface area (Å²) in [5, 5.41) is 4.60. The number of halogens is 1. The smallest absolute Gasteiger partial charge is 0.225 e. The van der Waals surface area contributed by atoms with Crippen LogP contribution in [0.25, 0.3) is 11.3 Å². The van der Waals surface area contributed by atoms with E-state index in [1.54, 1.807) is 13.0 Å². The summed E-state index contributed by atoms with van der Waals surface area (Å²) in [5.74, 6) is 0.681. The van der Waals surface area contributed by atoms with Gasteiger partial charge in [-0.1, -0.05) is 59.6 Å². The van der Waals surface area contributed by atoms with Crippen molar-refractivity contribution in [1.82, 2.24) is 19.7 Å². The molecule has 0 saturated carbocycles. The number of hydrogen-bond acceptors (Lipinski definition) is 4. The highest BCUT2D eigenvalue weighted by molar-refractivity contribution is 5.60. The number of nitrogens with zero attached hydrogens (tertiary/aromatic N) is 5. The Morgan fingerprint density at radius 3 is 1.97 bits per heavy atom. The summed E-state index contributed by atoms with van der Waals surface area (Å²) in [7, 11) is 0. The maximum absolute atomic E-state index is 13.3. The molecule has 37 heavy (non-hydrogen) atoms. The van der Waals surface area contributed by atoms with Gasteiger partial charge in [0.2, 0.25) is 5.95 Å². The van der Waals surface area contributed by atoms with Crippen molar-refractivity contribution < 1.29 is 4.39 Å². The number of benzene rings is 1. The lowest BCUT2D eigenvalue weighted by atomic mass is 10.1. The molecule has 1 aromatic carbocycles. The zero-order valence-corrected chi connectivity index (χ0v) is 24.4. The summed E-state index contributed by atoms with van der Waals surface area (Å²) < 4.78 is 15.3. The van der Waals surface area contributed by atoms with E-state index in [0.29, 0.717) is 5.56 Å². The molecule has 0 bridgehead atoms. The van der Waals surface area contributed by atoms with E-state index in [-0.39, 0.29) is 5.82 Å². The van der Waals surface area contributed by atoms with Gasteiger partial charge >= 0.3 is 0 Å². The van der Waals surface area contributed by atoms with Gasteiger partial charge in [-0.05, 0) is 75.4 Å². The van der Waals surface area contributed by atoms with Crippen molar-refractivity contribution >= 4 is 5.95 Å². The Kier molecular flexibility index (Phi) is 15.1. The van der Waals surface area contributed by atoms with Crippen LogP contribution in [0.3, 0.4) is 0 Å². The quantitative estimate of drug-likeness (QED) is 0.258. The van der Waals surface area contributed by atoms with Crippen LogP contribution in [-0.2, 0) is 13.0 Å². The van der Waals surface area contributed by atoms with Gasteiger partial charge in [0.1, 0.15) is 5.82 Å². The van der Waals surface area contributed by atoms with Gasteiger partial charge in [0.25, 0.3) is 0 Å². The van der Waals surface area contributed by atoms with E-state index in [4.69, 9.17) is 0 Å². The van der Waals surface area contributed by atoms with E-state index < -0.39 is 0 Å². The maximum atomic E-state index is 13.3. The molecule has 0 N–H and O–H groups in total. The second-order valence-corrected chi connectivity index (χ2v) is 9.50. The lowest BCUT2D eigenvalue weighted by Crippen LogP contribution is -2.26. The highest BCUT2D eigenvalue weighted by Crippen LogP contribution is 2.22. The fourth-order valence-electron chi connectivity index (χ4n) is 3.48. The Bertz CT molecular complexity index is 1050. The molecule has 0 unspecified atom stereocenters. The number of anilines is 1. The molecule has 5 nitrogen and oxygen atoms in total. The highest BCUT2D eigenvalue weighted by Gasteiger charge is 2.10. The summed E-state index contributed by atoms with van der Waals surface area (Å²) >= 11 is 0. The number of unbranched alkanes of at least 4 members (excludes halogenated alkanes) is 1. The summed E-state index contributed by atoms with van der Waals surface area (Å²) in [6.45, 7) is 23.3. The van der Waals surface area contributed by atoms with E-state index in [2.05, 4.69) is 67.2 Å². The monoisotopic (exact) mass is 509 g/mol. The van der Waals surface area contributed by atoms with E-state index in [1.165, 1.54) is 24.6 Å². The van der Waals surface area contributed by atoms with Crippen molar-refractivity contribution in [3.8, 4) is 11.3 Å². The van der Waals surface area contributed by atoms with Gasteiger partial charge in [-0.3, -0.25) is 4.68 Å². The molecule has 0 aliphatic heterocycles. The van der Waals surface area contributed by atoms with Gasteiger partial charge in [-0.25, -0.2) is 14.4 Å². The summed E-state index contributed by atoms with van der Waals surface area (Å²) in [6, 6.07) is 7.17. The van der Waals surface area contributed by atoms with Crippen LogP contribution in [0.2, 0.25) is 0 Å². The molecule has 2 heterocycles. The zero-order valence-electron chi connectivity index (χ0n) is 24.4. The molecule has 0 radical (unpaired) electrons. The van der Waals surface area contributed by atoms with Crippen LogP contribution in [0.1, 0.15) is 84.0 Å². The molecule has 0 saturated heterocycles. The first-order valence-corrected chi connectivity index (χ1v) is 13.7. The molecule has 0 aliphatic carbocycles. The molecular weight excluding hydrogens is 461 g/mol. The minimum atomic E-state index is -0.180. The molecular formula is C31H48FN5. The first-order chi connectivity index (χ1) is 17.7. The number of aromatic nitrogens is 4. The zero-order chi connectivity index (χ0) is 27.8. The topological polar surface area (TPSA) is 46.8 Å². The molecule has 0 spiro atoms. The van der Waals surface area contributed by atoms with E-state index >= 15 is 0 Å². The molecule has 204 valence electrons. The predicted octanol–water partition coefficient (Wildman–Crippen LogP) is 8.35. The minimum Gasteiger partial charge on any atom is -0.341 e. The summed E-state index contributed by atoms with van der Waals surface area (Å²) in [4.78, 5) is 10.9. The van der Waals surface area contributed by atoms with Crippen LogP contribution >= 0.6 is 0 Å². The molecule has 0 aliphatic rings. The molecule has 3 rings (SSSR count). The summed E-state index contributed by atoms with van der Waals surface area (Å²) in [6.07, 6.45) is 9.58. The van der Waals surface area contributed by atoms with Crippen LogP contribution < -0.4 is 4.90 Å². The van der Waals surface area contributed by atoms with Crippen molar-refractivity contribution in [3.63, 3.8) is 0 Å². The van der Waals surface area contributed by atoms with Gasteiger partial charge in [0, 0.05) is 36.7 Å². The van der Waals surface area contributed by atoms with Crippen molar-refractivity contribution in [1.29, 1.82) is 0 Å². The molecule has 0 fully saturated rings. The lowest BCUT2D eigenvalue weighted by molar-refractivity contribution is 0.618. The number of allylic oxidation sites excluding steroid dienone is 1. The van der Waals surface area contributed by atoms with Gasteiger partial charge in [0.15, 0.2) is 0 Å². The van der Waals surface area contributed by atoms with E-state index in [9.17, 15) is 4.39 Å². The van der Waals surface area contributed by atoms with Crippen molar-refractivity contribution in [2.75, 3.05) is 18.0 Å². The fraction of sp³-hybridized carbons (Fsp3) is 0.516. The molecule has 0 amide bonds. The largest absolute Gasteiger partial charge is 0.341 e. The van der Waals surface area contributed by atoms with Crippen LogP contribution in [0.15, 0.2) is 48.8 Å². The standard InChI is InChI=1S/C16H19FN2.C11H19N3.C4H10/c1-5-14-9-16(18-19(14)10-11(2)3)13-6-7-15(17)12(4)8-13;1-4-6-14(7-5-2)11-12-8-10(3)9-13-11;1-3-4-2/h6-9H,2,5,10H2,1,3-4H3;8-9H,4-7H2,1-3H3;3-4H2,1-2H3. The van der Waals surface area contributed by atoms with Crippen molar-refractivity contribution in [2.24, 2.45) is 0 Å². The van der Waals surface area contributed by atoms with Gasteiger partial charge < -0.3 is 4.90 Å². The van der Waals surface area contributed by atoms with Crippen LogP contribution in [0.5, 0.6) is 0 Å². The van der Waals surface area contributed by atoms with Gasteiger partial charge in [0.05, 0.1) is 12.2 Å². The summed E-state index contributed by atoms with van der Waals surface area (Å²) in [5.41, 5.74) is 5.83. The Labute approximate surface area is 224 Å².